The molecular weight excluding hydrogens is 412 g/mol. The molecule has 6 nitrogen and oxygen atoms in total. The van der Waals surface area contributed by atoms with Crippen molar-refractivity contribution in [3.63, 3.8) is 0 Å². The predicted octanol–water partition coefficient (Wildman–Crippen LogP) is 5.28. The summed E-state index contributed by atoms with van der Waals surface area (Å²) in [4.78, 5) is 28.6. The fourth-order valence-electron chi connectivity index (χ4n) is 3.37. The van der Waals surface area contributed by atoms with Gasteiger partial charge >= 0.3 is 5.63 Å². The number of amides is 1. The number of fused-ring (bicyclic) bond motifs is 1. The van der Waals surface area contributed by atoms with Gasteiger partial charge in [0.1, 0.15) is 11.3 Å². The molecule has 0 aliphatic carbocycles. The fourth-order valence-corrected chi connectivity index (χ4v) is 3.91. The molecule has 4 rings (SSSR count). The molecule has 0 aliphatic heterocycles. The van der Waals surface area contributed by atoms with Crippen molar-refractivity contribution in [3.05, 3.63) is 76.1 Å². The Morgan fingerprint density at radius 1 is 1.19 bits per heavy atom. The Labute approximate surface area is 183 Å². The van der Waals surface area contributed by atoms with E-state index in [9.17, 15) is 9.59 Å². The smallest absolute Gasteiger partial charge is 0.336 e. The second kappa shape index (κ2) is 9.14. The highest BCUT2D eigenvalue weighted by Crippen LogP contribution is 2.33. The van der Waals surface area contributed by atoms with Crippen molar-refractivity contribution < 1.29 is 13.9 Å². The molecule has 0 radical (unpaired) electrons. The van der Waals surface area contributed by atoms with Crippen LogP contribution in [0.4, 0.5) is 5.13 Å². The number of hydrogen-bond donors (Lipinski definition) is 1. The zero-order valence-electron chi connectivity index (χ0n) is 17.3. The van der Waals surface area contributed by atoms with Crippen molar-refractivity contribution in [3.8, 4) is 16.9 Å². The average Bonchev–Trinajstić information content (AvgIpc) is 3.25. The van der Waals surface area contributed by atoms with Gasteiger partial charge in [0, 0.05) is 35.5 Å². The second-order valence-electron chi connectivity index (χ2n) is 7.35. The number of hydrogen-bond acceptors (Lipinski definition) is 6. The summed E-state index contributed by atoms with van der Waals surface area (Å²) >= 11 is 1.38. The molecular formula is C24H22N2O4S. The maximum Gasteiger partial charge on any atom is 0.336 e. The van der Waals surface area contributed by atoms with Gasteiger partial charge in [0.15, 0.2) is 5.13 Å². The highest BCUT2D eigenvalue weighted by Gasteiger charge is 2.15. The Kier molecular flexibility index (Phi) is 6.13. The van der Waals surface area contributed by atoms with Crippen LogP contribution in [0, 0.1) is 0 Å². The molecule has 4 aromatic rings. The number of anilines is 1. The minimum Gasteiger partial charge on any atom is -0.491 e. The standard InChI is InChI=1S/C24H22N2O4S/c1-15(2)29-20-14-21-19(18(13-23(28)30-21)16-6-4-3-5-7-16)12-17(20)8-9-22(27)26-24-25-10-11-31-24/h3-7,10-15H,8-9H2,1-2H3,(H,25,26,27). The van der Waals surface area contributed by atoms with Gasteiger partial charge < -0.3 is 14.5 Å². The number of aryl methyl sites for hydroxylation is 1. The van der Waals surface area contributed by atoms with E-state index in [1.807, 2.05) is 55.6 Å². The number of nitrogens with one attached hydrogen (secondary N) is 1. The number of carbonyl (C=O) groups excluding carboxylic acids is 1. The summed E-state index contributed by atoms with van der Waals surface area (Å²) in [5.74, 6) is 0.492. The van der Waals surface area contributed by atoms with E-state index in [1.165, 1.54) is 17.4 Å². The van der Waals surface area contributed by atoms with Crippen LogP contribution >= 0.6 is 11.3 Å². The lowest BCUT2D eigenvalue weighted by Crippen LogP contribution is -2.13. The van der Waals surface area contributed by atoms with Gasteiger partial charge in [0.25, 0.3) is 0 Å². The van der Waals surface area contributed by atoms with Crippen molar-refractivity contribution in [1.82, 2.24) is 4.98 Å². The van der Waals surface area contributed by atoms with Gasteiger partial charge in [-0.15, -0.1) is 11.3 Å². The zero-order chi connectivity index (χ0) is 21.8. The second-order valence-corrected chi connectivity index (χ2v) is 8.25. The molecule has 0 unspecified atom stereocenters. The van der Waals surface area contributed by atoms with Gasteiger partial charge in [-0.1, -0.05) is 30.3 Å². The normalized spacial score (nSPS) is 11.1. The summed E-state index contributed by atoms with van der Waals surface area (Å²) < 4.78 is 11.4. The fraction of sp³-hybridized carbons (Fsp3) is 0.208. The third-order valence-corrected chi connectivity index (χ3v) is 5.36. The summed E-state index contributed by atoms with van der Waals surface area (Å²) in [5.41, 5.74) is 2.62. The van der Waals surface area contributed by atoms with Crippen LogP contribution in [0.3, 0.4) is 0 Å². The Morgan fingerprint density at radius 3 is 2.71 bits per heavy atom. The molecule has 0 bridgehead atoms. The first-order valence-electron chi connectivity index (χ1n) is 10.0. The molecule has 0 fully saturated rings. The molecule has 31 heavy (non-hydrogen) atoms. The van der Waals surface area contributed by atoms with Crippen LogP contribution < -0.4 is 15.7 Å². The molecule has 7 heteroatoms. The lowest BCUT2D eigenvalue weighted by Gasteiger charge is -2.16. The molecule has 2 heterocycles. The average molecular weight is 435 g/mol. The first-order valence-corrected chi connectivity index (χ1v) is 10.9. The largest absolute Gasteiger partial charge is 0.491 e. The number of nitrogens with zero attached hydrogens (tertiary/aromatic N) is 1. The van der Waals surface area contributed by atoms with E-state index < -0.39 is 5.63 Å². The van der Waals surface area contributed by atoms with Crippen LogP contribution in [0.5, 0.6) is 5.75 Å². The number of thiazole rings is 1. The zero-order valence-corrected chi connectivity index (χ0v) is 18.1. The number of carbonyl (C=O) groups is 1. The van der Waals surface area contributed by atoms with Crippen molar-refractivity contribution in [1.29, 1.82) is 0 Å². The Morgan fingerprint density at radius 2 is 2.00 bits per heavy atom. The van der Waals surface area contributed by atoms with Gasteiger partial charge in [0.2, 0.25) is 5.91 Å². The Hall–Kier alpha value is -3.45. The maximum atomic E-state index is 12.4. The third-order valence-electron chi connectivity index (χ3n) is 4.67. The van der Waals surface area contributed by atoms with E-state index in [1.54, 1.807) is 12.3 Å². The van der Waals surface area contributed by atoms with Gasteiger partial charge in [0.05, 0.1) is 6.10 Å². The number of benzene rings is 2. The molecule has 0 saturated heterocycles. The molecule has 2 aromatic carbocycles. The van der Waals surface area contributed by atoms with Crippen molar-refractivity contribution in [2.45, 2.75) is 32.8 Å². The molecule has 1 amide bonds. The Balaban J connectivity index is 1.72. The lowest BCUT2D eigenvalue weighted by molar-refractivity contribution is -0.116. The van der Waals surface area contributed by atoms with E-state index in [2.05, 4.69) is 10.3 Å². The summed E-state index contributed by atoms with van der Waals surface area (Å²) in [5, 5.41) is 6.00. The number of aromatic nitrogens is 1. The molecule has 0 atom stereocenters. The third kappa shape index (κ3) is 5.00. The molecule has 158 valence electrons. The van der Waals surface area contributed by atoms with Crippen LogP contribution in [0.1, 0.15) is 25.8 Å². The summed E-state index contributed by atoms with van der Waals surface area (Å²) in [6, 6.07) is 14.9. The molecule has 2 aromatic heterocycles. The van der Waals surface area contributed by atoms with Gasteiger partial charge in [-0.2, -0.15) is 0 Å². The Bertz CT molecular complexity index is 1250. The first kappa shape index (κ1) is 20.8. The topological polar surface area (TPSA) is 81.4 Å². The van der Waals surface area contributed by atoms with E-state index in [-0.39, 0.29) is 18.4 Å². The molecule has 0 spiro atoms. The van der Waals surface area contributed by atoms with Gasteiger partial charge in [-0.25, -0.2) is 9.78 Å². The van der Waals surface area contributed by atoms with Gasteiger partial charge in [-0.05, 0) is 43.0 Å². The quantitative estimate of drug-likeness (QED) is 0.401. The first-order chi connectivity index (χ1) is 15.0. The van der Waals surface area contributed by atoms with Crippen molar-refractivity contribution >= 4 is 33.3 Å². The van der Waals surface area contributed by atoms with Crippen LogP contribution in [0.15, 0.2) is 69.3 Å². The summed E-state index contributed by atoms with van der Waals surface area (Å²) in [6.45, 7) is 3.86. The van der Waals surface area contributed by atoms with E-state index >= 15 is 0 Å². The highest BCUT2D eigenvalue weighted by atomic mass is 32.1. The van der Waals surface area contributed by atoms with Crippen molar-refractivity contribution in [2.75, 3.05) is 5.32 Å². The van der Waals surface area contributed by atoms with Gasteiger partial charge in [-0.3, -0.25) is 4.79 Å². The van der Waals surface area contributed by atoms with Crippen LogP contribution in [-0.4, -0.2) is 17.0 Å². The van der Waals surface area contributed by atoms with Crippen LogP contribution in [0.25, 0.3) is 22.1 Å². The van der Waals surface area contributed by atoms with E-state index in [0.717, 1.165) is 22.1 Å². The molecule has 1 N–H and O–H groups in total. The monoisotopic (exact) mass is 434 g/mol. The minimum absolute atomic E-state index is 0.0654. The number of ether oxygens (including phenoxy) is 1. The SMILES string of the molecule is CC(C)Oc1cc2oc(=O)cc(-c3ccccc3)c2cc1CCC(=O)Nc1nccs1. The van der Waals surface area contributed by atoms with Crippen molar-refractivity contribution in [2.24, 2.45) is 0 Å². The number of rotatable bonds is 7. The maximum absolute atomic E-state index is 12.4. The predicted molar refractivity (Wildman–Crippen MR) is 123 cm³/mol. The summed E-state index contributed by atoms with van der Waals surface area (Å²) in [6.07, 6.45) is 2.33. The lowest BCUT2D eigenvalue weighted by atomic mass is 9.98. The van der Waals surface area contributed by atoms with E-state index in [0.29, 0.717) is 22.9 Å². The minimum atomic E-state index is -0.419. The van der Waals surface area contributed by atoms with Crippen LogP contribution in [-0.2, 0) is 11.2 Å². The highest BCUT2D eigenvalue weighted by molar-refractivity contribution is 7.13. The summed E-state index contributed by atoms with van der Waals surface area (Å²) in [7, 11) is 0. The van der Waals surface area contributed by atoms with E-state index in [4.69, 9.17) is 9.15 Å². The van der Waals surface area contributed by atoms with Crippen LogP contribution in [0.2, 0.25) is 0 Å². The molecule has 0 aliphatic rings. The molecule has 0 saturated carbocycles.